The Morgan fingerprint density at radius 2 is 1.85 bits per heavy atom. The lowest BCUT2D eigenvalue weighted by Crippen LogP contribution is -2.41. The highest BCUT2D eigenvalue weighted by Crippen LogP contribution is 2.16. The normalized spacial score (nSPS) is 10.7. The molecule has 7 nitrogen and oxygen atoms in total. The third-order valence-corrected chi connectivity index (χ3v) is 4.10. The minimum absolute atomic E-state index is 0.198. The lowest BCUT2D eigenvalue weighted by atomic mass is 10.2. The number of aromatic nitrogens is 2. The SMILES string of the molecule is CCn1c(=O)c2ccccc2n(CC(=O)Nc2cccc(OC)c2)c1=O. The molecule has 0 radical (unpaired) electrons. The molecule has 0 saturated carbocycles. The van der Waals surface area contributed by atoms with Gasteiger partial charge in [-0.05, 0) is 31.2 Å². The van der Waals surface area contributed by atoms with E-state index in [9.17, 15) is 14.4 Å². The molecule has 0 aliphatic heterocycles. The minimum atomic E-state index is -0.503. The summed E-state index contributed by atoms with van der Waals surface area (Å²) in [5, 5.41) is 3.15. The third-order valence-electron chi connectivity index (χ3n) is 4.10. The summed E-state index contributed by atoms with van der Waals surface area (Å²) in [7, 11) is 1.54. The van der Waals surface area contributed by atoms with E-state index in [0.717, 1.165) is 4.57 Å². The number of carbonyl (C=O) groups is 1. The fourth-order valence-electron chi connectivity index (χ4n) is 2.85. The zero-order chi connectivity index (χ0) is 18.7. The van der Waals surface area contributed by atoms with Crippen molar-refractivity contribution in [3.8, 4) is 5.75 Å². The van der Waals surface area contributed by atoms with Crippen LogP contribution in [0.2, 0.25) is 0 Å². The van der Waals surface area contributed by atoms with E-state index >= 15 is 0 Å². The van der Waals surface area contributed by atoms with Crippen molar-refractivity contribution in [1.82, 2.24) is 9.13 Å². The molecule has 0 unspecified atom stereocenters. The Balaban J connectivity index is 1.99. The Labute approximate surface area is 149 Å². The molecule has 134 valence electrons. The first-order valence-corrected chi connectivity index (χ1v) is 8.21. The maximum absolute atomic E-state index is 12.6. The van der Waals surface area contributed by atoms with Gasteiger partial charge in [0.2, 0.25) is 5.91 Å². The van der Waals surface area contributed by atoms with Crippen LogP contribution in [0.25, 0.3) is 10.9 Å². The van der Waals surface area contributed by atoms with E-state index in [4.69, 9.17) is 4.74 Å². The number of hydrogen-bond donors (Lipinski definition) is 1. The van der Waals surface area contributed by atoms with Gasteiger partial charge in [-0.1, -0.05) is 18.2 Å². The molecule has 0 aliphatic carbocycles. The summed E-state index contributed by atoms with van der Waals surface area (Å²) < 4.78 is 7.57. The second-order valence-corrected chi connectivity index (χ2v) is 5.72. The average molecular weight is 353 g/mol. The Morgan fingerprint density at radius 1 is 1.08 bits per heavy atom. The number of benzene rings is 2. The van der Waals surface area contributed by atoms with E-state index in [-0.39, 0.29) is 24.6 Å². The summed E-state index contributed by atoms with van der Waals surface area (Å²) in [5.74, 6) is 0.247. The number of rotatable bonds is 5. The van der Waals surface area contributed by atoms with Gasteiger partial charge in [0.25, 0.3) is 5.56 Å². The lowest BCUT2D eigenvalue weighted by molar-refractivity contribution is -0.116. The van der Waals surface area contributed by atoms with Crippen LogP contribution in [-0.2, 0) is 17.9 Å². The van der Waals surface area contributed by atoms with E-state index in [0.29, 0.717) is 22.3 Å². The van der Waals surface area contributed by atoms with Crippen molar-refractivity contribution in [2.75, 3.05) is 12.4 Å². The molecule has 0 atom stereocenters. The van der Waals surface area contributed by atoms with E-state index in [2.05, 4.69) is 5.32 Å². The molecular weight excluding hydrogens is 334 g/mol. The molecule has 3 aromatic rings. The summed E-state index contributed by atoms with van der Waals surface area (Å²) in [4.78, 5) is 37.5. The maximum atomic E-state index is 12.6. The summed E-state index contributed by atoms with van der Waals surface area (Å²) in [5.41, 5.74) is 0.151. The van der Waals surface area contributed by atoms with Crippen LogP contribution in [0.4, 0.5) is 5.69 Å². The van der Waals surface area contributed by atoms with Crippen LogP contribution in [0.3, 0.4) is 0 Å². The van der Waals surface area contributed by atoms with Crippen LogP contribution in [0.15, 0.2) is 58.1 Å². The van der Waals surface area contributed by atoms with Crippen molar-refractivity contribution < 1.29 is 9.53 Å². The van der Waals surface area contributed by atoms with Crippen LogP contribution in [0, 0.1) is 0 Å². The van der Waals surface area contributed by atoms with Gasteiger partial charge in [-0.2, -0.15) is 0 Å². The number of fused-ring (bicyclic) bond motifs is 1. The van der Waals surface area contributed by atoms with Crippen molar-refractivity contribution in [3.05, 3.63) is 69.4 Å². The molecule has 1 amide bonds. The number of anilines is 1. The molecule has 0 fully saturated rings. The topological polar surface area (TPSA) is 82.3 Å². The van der Waals surface area contributed by atoms with Gasteiger partial charge in [0.15, 0.2) is 0 Å². The van der Waals surface area contributed by atoms with Gasteiger partial charge in [0, 0.05) is 18.3 Å². The summed E-state index contributed by atoms with van der Waals surface area (Å²) in [6.07, 6.45) is 0. The predicted octanol–water partition coefficient (Wildman–Crippen LogP) is 1.83. The summed E-state index contributed by atoms with van der Waals surface area (Å²) in [6, 6.07) is 13.7. The number of amides is 1. The van der Waals surface area contributed by atoms with Gasteiger partial charge in [-0.25, -0.2) is 4.79 Å². The van der Waals surface area contributed by atoms with Crippen molar-refractivity contribution in [3.63, 3.8) is 0 Å². The van der Waals surface area contributed by atoms with Gasteiger partial charge >= 0.3 is 5.69 Å². The largest absolute Gasteiger partial charge is 0.497 e. The molecule has 3 rings (SSSR count). The maximum Gasteiger partial charge on any atom is 0.331 e. The van der Waals surface area contributed by atoms with Crippen LogP contribution >= 0.6 is 0 Å². The molecular formula is C19H19N3O4. The third kappa shape index (κ3) is 3.23. The van der Waals surface area contributed by atoms with Gasteiger partial charge in [0.1, 0.15) is 12.3 Å². The number of ether oxygens (including phenoxy) is 1. The van der Waals surface area contributed by atoms with E-state index < -0.39 is 5.69 Å². The average Bonchev–Trinajstić information content (AvgIpc) is 2.66. The second-order valence-electron chi connectivity index (χ2n) is 5.72. The quantitative estimate of drug-likeness (QED) is 0.759. The zero-order valence-corrected chi connectivity index (χ0v) is 14.6. The summed E-state index contributed by atoms with van der Waals surface area (Å²) >= 11 is 0. The molecule has 0 saturated heterocycles. The molecule has 0 aliphatic rings. The van der Waals surface area contributed by atoms with E-state index in [1.807, 2.05) is 0 Å². The first kappa shape index (κ1) is 17.5. The molecule has 1 heterocycles. The smallest absolute Gasteiger partial charge is 0.331 e. The second kappa shape index (κ2) is 7.26. The van der Waals surface area contributed by atoms with Gasteiger partial charge < -0.3 is 10.1 Å². The fraction of sp³-hybridized carbons (Fsp3) is 0.211. The lowest BCUT2D eigenvalue weighted by Gasteiger charge is -2.13. The standard InChI is InChI=1S/C19H19N3O4/c1-3-21-18(24)15-9-4-5-10-16(15)22(19(21)25)12-17(23)20-13-7-6-8-14(11-13)26-2/h4-11H,3,12H2,1-2H3,(H,20,23). The predicted molar refractivity (Wildman–Crippen MR) is 99.8 cm³/mol. The first-order chi connectivity index (χ1) is 12.5. The first-order valence-electron chi connectivity index (χ1n) is 8.21. The molecule has 26 heavy (non-hydrogen) atoms. The van der Waals surface area contributed by atoms with Crippen LogP contribution < -0.4 is 21.3 Å². The van der Waals surface area contributed by atoms with Crippen molar-refractivity contribution >= 4 is 22.5 Å². The monoisotopic (exact) mass is 353 g/mol. The number of nitrogens with one attached hydrogen (secondary N) is 1. The zero-order valence-electron chi connectivity index (χ0n) is 14.6. The van der Waals surface area contributed by atoms with Crippen molar-refractivity contribution in [2.45, 2.75) is 20.0 Å². The summed E-state index contributed by atoms with van der Waals surface area (Å²) in [6.45, 7) is 1.76. The molecule has 2 aromatic carbocycles. The van der Waals surface area contributed by atoms with Gasteiger partial charge in [-0.15, -0.1) is 0 Å². The van der Waals surface area contributed by atoms with E-state index in [1.165, 1.54) is 4.57 Å². The highest BCUT2D eigenvalue weighted by Gasteiger charge is 2.14. The Morgan fingerprint density at radius 3 is 2.58 bits per heavy atom. The number of nitrogens with zero attached hydrogens (tertiary/aromatic N) is 2. The van der Waals surface area contributed by atoms with Gasteiger partial charge in [0.05, 0.1) is 18.0 Å². The van der Waals surface area contributed by atoms with E-state index in [1.54, 1.807) is 62.6 Å². The van der Waals surface area contributed by atoms with Crippen molar-refractivity contribution in [1.29, 1.82) is 0 Å². The Hall–Kier alpha value is -3.35. The molecule has 7 heteroatoms. The van der Waals surface area contributed by atoms with Crippen LogP contribution in [-0.4, -0.2) is 22.2 Å². The highest BCUT2D eigenvalue weighted by molar-refractivity contribution is 5.91. The van der Waals surface area contributed by atoms with Crippen molar-refractivity contribution in [2.24, 2.45) is 0 Å². The fourth-order valence-corrected chi connectivity index (χ4v) is 2.85. The number of methoxy groups -OCH3 is 1. The number of hydrogen-bond acceptors (Lipinski definition) is 4. The van der Waals surface area contributed by atoms with Crippen LogP contribution in [0.1, 0.15) is 6.92 Å². The molecule has 0 bridgehead atoms. The van der Waals surface area contributed by atoms with Gasteiger partial charge in [-0.3, -0.25) is 18.7 Å². The Bertz CT molecular complexity index is 1080. The highest BCUT2D eigenvalue weighted by atomic mass is 16.5. The molecule has 1 N–H and O–H groups in total. The van der Waals surface area contributed by atoms with Crippen LogP contribution in [0.5, 0.6) is 5.75 Å². The number of carbonyl (C=O) groups excluding carboxylic acids is 1. The number of para-hydroxylation sites is 1. The molecule has 1 aromatic heterocycles. The Kier molecular flexibility index (Phi) is 4.88. The minimum Gasteiger partial charge on any atom is -0.497 e. The molecule has 0 spiro atoms.